The Morgan fingerprint density at radius 3 is 1.18 bits per heavy atom. The molecule has 4 atom stereocenters. The van der Waals surface area contributed by atoms with E-state index in [4.69, 9.17) is 0 Å². The standard InChI is InChI=1S/C45H89NO5/c1-3-5-7-9-11-13-15-17-18-19-20-21-22-23-24-25-27-28-30-32-34-36-38-42(48)44(50)41(40-47)46-45(51)43(49)39-37-35-33-31-29-26-16-14-12-10-8-6-4-2/h30,32,41-44,47-50H,3-29,31,33-40H2,1-2H3,(H,46,51)/b32-30+. The Labute approximate surface area is 317 Å². The Morgan fingerprint density at radius 1 is 0.471 bits per heavy atom. The van der Waals surface area contributed by atoms with Crippen molar-refractivity contribution < 1.29 is 25.2 Å². The van der Waals surface area contributed by atoms with Gasteiger partial charge in [-0.2, -0.15) is 0 Å². The number of unbranched alkanes of at least 4 members (excludes halogenated alkanes) is 30. The quantitative estimate of drug-likeness (QED) is 0.0319. The molecule has 0 radical (unpaired) electrons. The van der Waals surface area contributed by atoms with Crippen LogP contribution in [0.3, 0.4) is 0 Å². The zero-order chi connectivity index (χ0) is 37.5. The zero-order valence-electron chi connectivity index (χ0n) is 34.1. The first kappa shape index (κ1) is 50.1. The molecule has 4 unspecified atom stereocenters. The van der Waals surface area contributed by atoms with Gasteiger partial charge in [0, 0.05) is 0 Å². The van der Waals surface area contributed by atoms with E-state index in [2.05, 4.69) is 31.3 Å². The molecule has 0 spiro atoms. The molecule has 0 bridgehead atoms. The van der Waals surface area contributed by atoms with Crippen LogP contribution in [-0.4, -0.2) is 57.3 Å². The number of carbonyl (C=O) groups excluding carboxylic acids is 1. The average Bonchev–Trinajstić information content (AvgIpc) is 3.13. The maximum atomic E-state index is 12.5. The number of carbonyl (C=O) groups is 1. The highest BCUT2D eigenvalue weighted by molar-refractivity contribution is 5.80. The number of rotatable bonds is 41. The molecule has 0 heterocycles. The summed E-state index contributed by atoms with van der Waals surface area (Å²) in [7, 11) is 0. The van der Waals surface area contributed by atoms with Crippen molar-refractivity contribution in [2.75, 3.05) is 6.61 Å². The fourth-order valence-electron chi connectivity index (χ4n) is 7.11. The van der Waals surface area contributed by atoms with Crippen LogP contribution in [0.1, 0.15) is 239 Å². The molecule has 0 aliphatic heterocycles. The second-order valence-corrected chi connectivity index (χ2v) is 15.8. The largest absolute Gasteiger partial charge is 0.394 e. The van der Waals surface area contributed by atoms with Crippen LogP contribution in [0, 0.1) is 0 Å². The zero-order valence-corrected chi connectivity index (χ0v) is 34.1. The number of amides is 1. The highest BCUT2D eigenvalue weighted by Crippen LogP contribution is 2.16. The van der Waals surface area contributed by atoms with E-state index >= 15 is 0 Å². The number of aliphatic hydroxyl groups excluding tert-OH is 4. The van der Waals surface area contributed by atoms with E-state index < -0.39 is 36.9 Å². The molecule has 51 heavy (non-hydrogen) atoms. The van der Waals surface area contributed by atoms with Gasteiger partial charge in [-0.3, -0.25) is 4.79 Å². The van der Waals surface area contributed by atoms with E-state index in [-0.39, 0.29) is 0 Å². The molecule has 6 nitrogen and oxygen atoms in total. The summed E-state index contributed by atoms with van der Waals surface area (Å²) < 4.78 is 0. The van der Waals surface area contributed by atoms with Crippen LogP contribution in [0.15, 0.2) is 12.2 Å². The second-order valence-electron chi connectivity index (χ2n) is 15.8. The number of hydrogen-bond acceptors (Lipinski definition) is 5. The lowest BCUT2D eigenvalue weighted by molar-refractivity contribution is -0.132. The lowest BCUT2D eigenvalue weighted by Crippen LogP contribution is -2.53. The summed E-state index contributed by atoms with van der Waals surface area (Å²) in [5.74, 6) is -0.591. The number of aliphatic hydroxyl groups is 4. The van der Waals surface area contributed by atoms with Crippen molar-refractivity contribution in [3.8, 4) is 0 Å². The van der Waals surface area contributed by atoms with Gasteiger partial charge in [0.1, 0.15) is 12.2 Å². The minimum absolute atomic E-state index is 0.367. The highest BCUT2D eigenvalue weighted by atomic mass is 16.3. The van der Waals surface area contributed by atoms with Gasteiger partial charge < -0.3 is 25.7 Å². The van der Waals surface area contributed by atoms with Crippen molar-refractivity contribution in [2.45, 2.75) is 263 Å². The van der Waals surface area contributed by atoms with Crippen LogP contribution < -0.4 is 5.32 Å². The van der Waals surface area contributed by atoms with E-state index in [9.17, 15) is 25.2 Å². The Kier molecular flexibility index (Phi) is 39.5. The SMILES string of the molecule is CCCCCCCCCCCCCCCCCCC/C=C/CCCC(O)C(O)C(CO)NC(=O)C(O)CCCCCCCCCCCCCCC. The van der Waals surface area contributed by atoms with Crippen molar-refractivity contribution in [1.82, 2.24) is 5.32 Å². The van der Waals surface area contributed by atoms with E-state index in [0.717, 1.165) is 38.5 Å². The molecule has 0 saturated heterocycles. The van der Waals surface area contributed by atoms with Gasteiger partial charge in [-0.1, -0.05) is 212 Å². The normalized spacial score (nSPS) is 14.2. The molecule has 0 fully saturated rings. The van der Waals surface area contributed by atoms with Crippen molar-refractivity contribution >= 4 is 5.91 Å². The molecule has 0 aliphatic carbocycles. The van der Waals surface area contributed by atoms with E-state index in [1.54, 1.807) is 0 Å². The predicted molar refractivity (Wildman–Crippen MR) is 219 cm³/mol. The van der Waals surface area contributed by atoms with Crippen LogP contribution in [0.25, 0.3) is 0 Å². The molecule has 0 aliphatic rings. The van der Waals surface area contributed by atoms with Gasteiger partial charge >= 0.3 is 0 Å². The molecule has 0 aromatic heterocycles. The first-order valence-electron chi connectivity index (χ1n) is 22.6. The van der Waals surface area contributed by atoms with Crippen molar-refractivity contribution in [1.29, 1.82) is 0 Å². The molecule has 5 N–H and O–H groups in total. The van der Waals surface area contributed by atoms with Crippen molar-refractivity contribution in [3.05, 3.63) is 12.2 Å². The highest BCUT2D eigenvalue weighted by Gasteiger charge is 2.28. The van der Waals surface area contributed by atoms with Crippen molar-refractivity contribution in [3.63, 3.8) is 0 Å². The summed E-state index contributed by atoms with van der Waals surface area (Å²) in [6.45, 7) is 4.05. The average molecular weight is 724 g/mol. The van der Waals surface area contributed by atoms with Gasteiger partial charge in [0.15, 0.2) is 0 Å². The van der Waals surface area contributed by atoms with Gasteiger partial charge in [0.05, 0.1) is 18.8 Å². The summed E-state index contributed by atoms with van der Waals surface area (Å²) in [5.41, 5.74) is 0. The summed E-state index contributed by atoms with van der Waals surface area (Å²) in [6.07, 6.45) is 43.9. The maximum absolute atomic E-state index is 12.5. The molecule has 0 aromatic rings. The third kappa shape index (κ3) is 34.6. The van der Waals surface area contributed by atoms with E-state index in [0.29, 0.717) is 12.8 Å². The molecule has 0 rings (SSSR count). The Morgan fingerprint density at radius 2 is 0.804 bits per heavy atom. The lowest BCUT2D eigenvalue weighted by atomic mass is 10.00. The van der Waals surface area contributed by atoms with Crippen LogP contribution in [0.4, 0.5) is 0 Å². The van der Waals surface area contributed by atoms with Gasteiger partial charge in [-0.15, -0.1) is 0 Å². The number of nitrogens with one attached hydrogen (secondary N) is 1. The first-order valence-corrected chi connectivity index (χ1v) is 22.6. The predicted octanol–water partition coefficient (Wildman–Crippen LogP) is 11.8. The van der Waals surface area contributed by atoms with Crippen LogP contribution >= 0.6 is 0 Å². The van der Waals surface area contributed by atoms with Crippen LogP contribution in [0.5, 0.6) is 0 Å². The minimum atomic E-state index is -1.28. The first-order chi connectivity index (χ1) is 25.0. The number of allylic oxidation sites excluding steroid dienone is 2. The van der Waals surface area contributed by atoms with Crippen molar-refractivity contribution in [2.24, 2.45) is 0 Å². The maximum Gasteiger partial charge on any atom is 0.249 e. The second kappa shape index (κ2) is 40.2. The third-order valence-corrected chi connectivity index (χ3v) is 10.7. The smallest absolute Gasteiger partial charge is 0.249 e. The van der Waals surface area contributed by atoms with Crippen LogP contribution in [0.2, 0.25) is 0 Å². The van der Waals surface area contributed by atoms with Gasteiger partial charge in [0.25, 0.3) is 0 Å². The third-order valence-electron chi connectivity index (χ3n) is 10.7. The summed E-state index contributed by atoms with van der Waals surface area (Å²) in [6, 6.07) is -0.996. The minimum Gasteiger partial charge on any atom is -0.394 e. The molecule has 6 heteroatoms. The topological polar surface area (TPSA) is 110 Å². The summed E-state index contributed by atoms with van der Waals surface area (Å²) in [5, 5.41) is 43.6. The summed E-state index contributed by atoms with van der Waals surface area (Å²) >= 11 is 0. The monoisotopic (exact) mass is 724 g/mol. The Bertz CT molecular complexity index is 731. The Hall–Kier alpha value is -0.950. The van der Waals surface area contributed by atoms with Crippen LogP contribution in [-0.2, 0) is 4.79 Å². The molecule has 0 saturated carbocycles. The summed E-state index contributed by atoms with van der Waals surface area (Å²) in [4.78, 5) is 12.5. The Balaban J connectivity index is 3.72. The number of hydrogen-bond donors (Lipinski definition) is 5. The molecule has 0 aromatic carbocycles. The van der Waals surface area contributed by atoms with Gasteiger partial charge in [-0.25, -0.2) is 0 Å². The van der Waals surface area contributed by atoms with E-state index in [1.807, 2.05) is 0 Å². The molecule has 304 valence electrons. The molecular weight excluding hydrogens is 634 g/mol. The lowest BCUT2D eigenvalue weighted by Gasteiger charge is -2.27. The van der Waals surface area contributed by atoms with E-state index in [1.165, 1.54) is 173 Å². The van der Waals surface area contributed by atoms with Gasteiger partial charge in [0.2, 0.25) is 5.91 Å². The molecular formula is C45H89NO5. The fraction of sp³-hybridized carbons (Fsp3) is 0.933. The fourth-order valence-corrected chi connectivity index (χ4v) is 7.11. The molecule has 1 amide bonds. The van der Waals surface area contributed by atoms with Gasteiger partial charge in [-0.05, 0) is 38.5 Å².